The molecule has 1 rings (SSSR count). The van der Waals surface area contributed by atoms with Gasteiger partial charge in [-0.1, -0.05) is 29.3 Å². The minimum absolute atomic E-state index is 0.252. The van der Waals surface area contributed by atoms with Crippen LogP contribution in [0, 0.1) is 0 Å². The molecule has 1 atom stereocenters. The van der Waals surface area contributed by atoms with Gasteiger partial charge >= 0.3 is 5.97 Å². The first-order valence-electron chi connectivity index (χ1n) is 4.19. The van der Waals surface area contributed by atoms with Crippen molar-refractivity contribution in [1.82, 2.24) is 4.98 Å². The van der Waals surface area contributed by atoms with Crippen LogP contribution in [-0.2, 0) is 16.0 Å². The molecular weight excluding hydrogens is 239 g/mol. The number of methoxy groups -OCH3 is 1. The summed E-state index contributed by atoms with van der Waals surface area (Å²) in [5.74, 6) is -0.485. The van der Waals surface area contributed by atoms with Crippen molar-refractivity contribution in [2.45, 2.75) is 12.5 Å². The summed E-state index contributed by atoms with van der Waals surface area (Å²) in [7, 11) is 1.28. The van der Waals surface area contributed by atoms with Gasteiger partial charge in [0.15, 0.2) is 0 Å². The van der Waals surface area contributed by atoms with E-state index in [9.17, 15) is 4.79 Å². The fourth-order valence-electron chi connectivity index (χ4n) is 1.06. The van der Waals surface area contributed by atoms with Crippen LogP contribution in [0.5, 0.6) is 0 Å². The Morgan fingerprint density at radius 3 is 2.80 bits per heavy atom. The van der Waals surface area contributed by atoms with Gasteiger partial charge in [-0.05, 0) is 11.6 Å². The average Bonchev–Trinajstić information content (AvgIpc) is 2.20. The molecular formula is C9H10Cl2N2O2. The van der Waals surface area contributed by atoms with Crippen LogP contribution in [0.25, 0.3) is 0 Å². The van der Waals surface area contributed by atoms with Crippen LogP contribution in [0.1, 0.15) is 5.56 Å². The van der Waals surface area contributed by atoms with E-state index in [2.05, 4.69) is 9.72 Å². The third-order valence-electron chi connectivity index (χ3n) is 1.84. The molecule has 1 unspecified atom stereocenters. The van der Waals surface area contributed by atoms with E-state index in [1.807, 2.05) is 0 Å². The van der Waals surface area contributed by atoms with E-state index >= 15 is 0 Å². The van der Waals surface area contributed by atoms with Crippen LogP contribution in [0.2, 0.25) is 10.3 Å². The van der Waals surface area contributed by atoms with E-state index in [1.54, 1.807) is 12.1 Å². The molecule has 0 radical (unpaired) electrons. The summed E-state index contributed by atoms with van der Waals surface area (Å²) in [6.07, 6.45) is 0.273. The molecule has 82 valence electrons. The van der Waals surface area contributed by atoms with Crippen molar-refractivity contribution in [3.8, 4) is 0 Å². The predicted molar refractivity (Wildman–Crippen MR) is 58.0 cm³/mol. The van der Waals surface area contributed by atoms with Gasteiger partial charge in [-0.2, -0.15) is 0 Å². The normalized spacial score (nSPS) is 12.3. The molecule has 0 amide bonds. The van der Waals surface area contributed by atoms with Crippen LogP contribution < -0.4 is 5.73 Å². The maximum absolute atomic E-state index is 11.1. The Morgan fingerprint density at radius 2 is 2.27 bits per heavy atom. The first-order chi connectivity index (χ1) is 7.04. The van der Waals surface area contributed by atoms with Gasteiger partial charge in [0.2, 0.25) is 0 Å². The molecule has 0 saturated carbocycles. The highest BCUT2D eigenvalue weighted by Gasteiger charge is 2.16. The summed E-state index contributed by atoms with van der Waals surface area (Å²) in [5.41, 5.74) is 6.24. The Kier molecular flexibility index (Phi) is 4.32. The predicted octanol–water partition coefficient (Wildman–Crippen LogP) is 1.43. The van der Waals surface area contributed by atoms with Gasteiger partial charge in [0.05, 0.1) is 7.11 Å². The second-order valence-electron chi connectivity index (χ2n) is 2.92. The topological polar surface area (TPSA) is 65.2 Å². The van der Waals surface area contributed by atoms with E-state index in [0.29, 0.717) is 10.7 Å². The van der Waals surface area contributed by atoms with E-state index < -0.39 is 12.0 Å². The van der Waals surface area contributed by atoms with Crippen molar-refractivity contribution >= 4 is 29.2 Å². The molecule has 2 N–H and O–H groups in total. The average molecular weight is 249 g/mol. The van der Waals surface area contributed by atoms with E-state index in [1.165, 1.54) is 7.11 Å². The van der Waals surface area contributed by atoms with Crippen molar-refractivity contribution in [1.29, 1.82) is 0 Å². The summed E-state index contributed by atoms with van der Waals surface area (Å²) in [6.45, 7) is 0. The number of aromatic nitrogens is 1. The summed E-state index contributed by atoms with van der Waals surface area (Å²) >= 11 is 11.4. The molecule has 1 heterocycles. The van der Waals surface area contributed by atoms with Crippen LogP contribution in [0.4, 0.5) is 0 Å². The first kappa shape index (κ1) is 12.2. The summed E-state index contributed by atoms with van der Waals surface area (Å²) in [4.78, 5) is 14.9. The molecule has 1 aromatic rings. The maximum atomic E-state index is 11.1. The molecule has 0 aliphatic carbocycles. The lowest BCUT2D eigenvalue weighted by Crippen LogP contribution is -2.33. The zero-order valence-corrected chi connectivity index (χ0v) is 9.55. The molecule has 15 heavy (non-hydrogen) atoms. The molecule has 0 aliphatic rings. The van der Waals surface area contributed by atoms with Crippen LogP contribution in [0.3, 0.4) is 0 Å². The number of nitrogens with zero attached hydrogens (tertiary/aromatic N) is 1. The molecule has 0 bridgehead atoms. The summed E-state index contributed by atoms with van der Waals surface area (Å²) in [5, 5.41) is 0.553. The number of pyridine rings is 1. The number of hydrogen-bond donors (Lipinski definition) is 1. The highest BCUT2D eigenvalue weighted by atomic mass is 35.5. The standard InChI is InChI=1S/C9H10Cl2N2O2/c1-15-9(14)6(12)4-5-2-3-7(10)13-8(5)11/h2-3,6H,4,12H2,1H3. The second-order valence-corrected chi connectivity index (χ2v) is 3.66. The Morgan fingerprint density at radius 1 is 1.60 bits per heavy atom. The van der Waals surface area contributed by atoms with E-state index in [-0.39, 0.29) is 11.6 Å². The van der Waals surface area contributed by atoms with Crippen molar-refractivity contribution < 1.29 is 9.53 Å². The summed E-state index contributed by atoms with van der Waals surface area (Å²) in [6, 6.07) is 2.53. The number of carbonyl (C=O) groups excluding carboxylic acids is 1. The lowest BCUT2D eigenvalue weighted by molar-refractivity contribution is -0.142. The second kappa shape index (κ2) is 5.30. The highest BCUT2D eigenvalue weighted by molar-refractivity contribution is 6.32. The Labute approximate surface area is 97.3 Å². The lowest BCUT2D eigenvalue weighted by Gasteiger charge is -2.09. The number of rotatable bonds is 3. The molecule has 1 aromatic heterocycles. The third-order valence-corrected chi connectivity index (χ3v) is 2.37. The molecule has 0 saturated heterocycles. The number of carbonyl (C=O) groups is 1. The van der Waals surface area contributed by atoms with Crippen molar-refractivity contribution in [3.05, 3.63) is 28.0 Å². The van der Waals surface area contributed by atoms with Gasteiger partial charge in [-0.25, -0.2) is 4.98 Å². The fraction of sp³-hybridized carbons (Fsp3) is 0.333. The quantitative estimate of drug-likeness (QED) is 0.650. The number of ether oxygens (including phenoxy) is 1. The number of hydrogen-bond acceptors (Lipinski definition) is 4. The minimum Gasteiger partial charge on any atom is -0.468 e. The van der Waals surface area contributed by atoms with Gasteiger partial charge < -0.3 is 10.5 Å². The molecule has 4 nitrogen and oxygen atoms in total. The monoisotopic (exact) mass is 248 g/mol. The van der Waals surface area contributed by atoms with Gasteiger partial charge in [0.1, 0.15) is 16.3 Å². The number of nitrogens with two attached hydrogens (primary N) is 1. The SMILES string of the molecule is COC(=O)C(N)Cc1ccc(Cl)nc1Cl. The molecule has 0 fully saturated rings. The van der Waals surface area contributed by atoms with Crippen molar-refractivity contribution in [3.63, 3.8) is 0 Å². The van der Waals surface area contributed by atoms with Crippen LogP contribution in [-0.4, -0.2) is 24.1 Å². The van der Waals surface area contributed by atoms with Gasteiger partial charge in [-0.15, -0.1) is 0 Å². The highest BCUT2D eigenvalue weighted by Crippen LogP contribution is 2.17. The van der Waals surface area contributed by atoms with Crippen LogP contribution in [0.15, 0.2) is 12.1 Å². The largest absolute Gasteiger partial charge is 0.468 e. The van der Waals surface area contributed by atoms with E-state index in [4.69, 9.17) is 28.9 Å². The number of halogens is 2. The zero-order valence-electron chi connectivity index (χ0n) is 8.04. The van der Waals surface area contributed by atoms with Gasteiger partial charge in [0, 0.05) is 6.42 Å². The molecule has 0 spiro atoms. The maximum Gasteiger partial charge on any atom is 0.322 e. The first-order valence-corrected chi connectivity index (χ1v) is 4.94. The third kappa shape index (κ3) is 3.34. The Hall–Kier alpha value is -0.840. The van der Waals surface area contributed by atoms with Gasteiger partial charge in [-0.3, -0.25) is 4.79 Å². The lowest BCUT2D eigenvalue weighted by atomic mass is 10.1. The summed E-state index contributed by atoms with van der Waals surface area (Å²) < 4.78 is 4.49. The number of esters is 1. The molecule has 0 aliphatic heterocycles. The Bertz CT molecular complexity index is 371. The molecule has 0 aromatic carbocycles. The Balaban J connectivity index is 2.76. The van der Waals surface area contributed by atoms with Gasteiger partial charge in [0.25, 0.3) is 0 Å². The van der Waals surface area contributed by atoms with Crippen LogP contribution >= 0.6 is 23.2 Å². The molecule has 6 heteroatoms. The smallest absolute Gasteiger partial charge is 0.322 e. The zero-order chi connectivity index (χ0) is 11.4. The van der Waals surface area contributed by atoms with Crippen molar-refractivity contribution in [2.75, 3.05) is 7.11 Å². The van der Waals surface area contributed by atoms with E-state index in [0.717, 1.165) is 0 Å². The fourth-order valence-corrected chi connectivity index (χ4v) is 1.49. The van der Waals surface area contributed by atoms with Crippen molar-refractivity contribution in [2.24, 2.45) is 5.73 Å². The minimum atomic E-state index is -0.740.